The molecule has 1 aliphatic rings. The van der Waals surface area contributed by atoms with Crippen molar-refractivity contribution in [3.8, 4) is 0 Å². The van der Waals surface area contributed by atoms with Gasteiger partial charge in [-0.15, -0.1) is 0 Å². The molecule has 3 rings (SSSR count). The Labute approximate surface area is 162 Å². The summed E-state index contributed by atoms with van der Waals surface area (Å²) in [6, 6.07) is 11.3. The number of amides is 2. The van der Waals surface area contributed by atoms with Gasteiger partial charge < -0.3 is 10.2 Å². The fraction of sp³-hybridized carbons (Fsp3) is 0.176. The molecule has 0 radical (unpaired) electrons. The largest absolute Gasteiger partial charge is 0.326 e. The van der Waals surface area contributed by atoms with Gasteiger partial charge in [-0.25, -0.2) is 0 Å². The van der Waals surface area contributed by atoms with Crippen molar-refractivity contribution in [2.75, 3.05) is 16.8 Å². The van der Waals surface area contributed by atoms with E-state index in [9.17, 15) is 19.7 Å². The van der Waals surface area contributed by atoms with E-state index in [1.807, 2.05) is 12.1 Å². The van der Waals surface area contributed by atoms with Crippen LogP contribution in [0.5, 0.6) is 0 Å². The summed E-state index contributed by atoms with van der Waals surface area (Å²) in [6.45, 7) is 0.252. The number of rotatable bonds is 4. The Bertz CT molecular complexity index is 888. The van der Waals surface area contributed by atoms with Crippen LogP contribution < -0.4 is 10.2 Å². The molecule has 1 fully saturated rings. The molecule has 0 bridgehead atoms. The molecule has 0 spiro atoms. The zero-order chi connectivity index (χ0) is 18.8. The second-order valence-corrected chi connectivity index (χ2v) is 7.12. The van der Waals surface area contributed by atoms with E-state index in [0.29, 0.717) is 0 Å². The van der Waals surface area contributed by atoms with Gasteiger partial charge in [-0.2, -0.15) is 0 Å². The van der Waals surface area contributed by atoms with Crippen LogP contribution in [0.3, 0.4) is 0 Å². The lowest BCUT2D eigenvalue weighted by molar-refractivity contribution is -0.384. The average molecular weight is 439 g/mol. The number of nitrogens with zero attached hydrogens (tertiary/aromatic N) is 2. The summed E-state index contributed by atoms with van der Waals surface area (Å²) in [5.74, 6) is -1.05. The molecular formula is C17H13BrClN3O4. The van der Waals surface area contributed by atoms with Gasteiger partial charge in [-0.1, -0.05) is 27.5 Å². The molecule has 1 atom stereocenters. The third kappa shape index (κ3) is 3.86. The maximum atomic E-state index is 12.5. The number of hydrogen-bond acceptors (Lipinski definition) is 4. The first-order valence-corrected chi connectivity index (χ1v) is 8.83. The third-order valence-electron chi connectivity index (χ3n) is 4.04. The van der Waals surface area contributed by atoms with Gasteiger partial charge in [0.2, 0.25) is 11.8 Å². The predicted octanol–water partition coefficient (Wildman–Crippen LogP) is 4.00. The maximum absolute atomic E-state index is 12.5. The van der Waals surface area contributed by atoms with E-state index >= 15 is 0 Å². The summed E-state index contributed by atoms with van der Waals surface area (Å²) in [5, 5.41) is 13.5. The summed E-state index contributed by atoms with van der Waals surface area (Å²) in [4.78, 5) is 36.6. The molecule has 1 saturated heterocycles. The highest BCUT2D eigenvalue weighted by Gasteiger charge is 2.35. The Morgan fingerprint density at radius 2 is 1.96 bits per heavy atom. The molecule has 1 heterocycles. The highest BCUT2D eigenvalue weighted by Crippen LogP contribution is 2.30. The van der Waals surface area contributed by atoms with Gasteiger partial charge in [-0.3, -0.25) is 19.7 Å². The molecule has 1 N–H and O–H groups in total. The number of nitro benzene ring substituents is 1. The minimum Gasteiger partial charge on any atom is -0.326 e. The van der Waals surface area contributed by atoms with E-state index in [0.717, 1.165) is 10.2 Å². The quantitative estimate of drug-likeness (QED) is 0.577. The summed E-state index contributed by atoms with van der Waals surface area (Å²) in [7, 11) is 0. The van der Waals surface area contributed by atoms with Gasteiger partial charge in [0, 0.05) is 34.9 Å². The van der Waals surface area contributed by atoms with Gasteiger partial charge in [-0.05, 0) is 36.4 Å². The van der Waals surface area contributed by atoms with E-state index in [4.69, 9.17) is 11.6 Å². The molecule has 1 aliphatic heterocycles. The molecule has 9 heteroatoms. The molecule has 0 aromatic heterocycles. The molecular weight excluding hydrogens is 426 g/mol. The molecule has 7 nitrogen and oxygen atoms in total. The second kappa shape index (κ2) is 7.43. The van der Waals surface area contributed by atoms with E-state index in [2.05, 4.69) is 21.2 Å². The van der Waals surface area contributed by atoms with Crippen molar-refractivity contribution in [2.45, 2.75) is 6.42 Å². The molecule has 2 aromatic rings. The molecule has 2 amide bonds. The Hall–Kier alpha value is -2.45. The van der Waals surface area contributed by atoms with Crippen molar-refractivity contribution < 1.29 is 14.5 Å². The lowest BCUT2D eigenvalue weighted by Crippen LogP contribution is -2.28. The second-order valence-electron chi connectivity index (χ2n) is 5.79. The maximum Gasteiger partial charge on any atom is 0.289 e. The van der Waals surface area contributed by atoms with Crippen LogP contribution in [0, 0.1) is 16.0 Å². The van der Waals surface area contributed by atoms with Crippen LogP contribution in [0.25, 0.3) is 0 Å². The van der Waals surface area contributed by atoms with E-state index in [1.165, 1.54) is 18.2 Å². The number of carbonyl (C=O) groups is 2. The molecule has 134 valence electrons. The van der Waals surface area contributed by atoms with Crippen LogP contribution in [-0.4, -0.2) is 23.3 Å². The van der Waals surface area contributed by atoms with Crippen LogP contribution >= 0.6 is 27.5 Å². The van der Waals surface area contributed by atoms with Gasteiger partial charge in [0.15, 0.2) is 0 Å². The van der Waals surface area contributed by atoms with Crippen molar-refractivity contribution in [3.63, 3.8) is 0 Å². The van der Waals surface area contributed by atoms with Crippen molar-refractivity contribution in [1.29, 1.82) is 0 Å². The highest BCUT2D eigenvalue weighted by molar-refractivity contribution is 9.10. The van der Waals surface area contributed by atoms with Gasteiger partial charge in [0.25, 0.3) is 5.69 Å². The van der Waals surface area contributed by atoms with Crippen LogP contribution in [0.2, 0.25) is 5.02 Å². The van der Waals surface area contributed by atoms with E-state index in [1.54, 1.807) is 17.0 Å². The molecule has 2 aromatic carbocycles. The van der Waals surface area contributed by atoms with E-state index < -0.39 is 10.8 Å². The summed E-state index contributed by atoms with van der Waals surface area (Å²) >= 11 is 9.10. The highest BCUT2D eigenvalue weighted by atomic mass is 79.9. The summed E-state index contributed by atoms with van der Waals surface area (Å²) < 4.78 is 0.895. The minimum atomic E-state index is -0.619. The Balaban J connectivity index is 1.71. The zero-order valence-electron chi connectivity index (χ0n) is 13.3. The number of benzene rings is 2. The number of halogens is 2. The van der Waals surface area contributed by atoms with Crippen molar-refractivity contribution >= 4 is 56.4 Å². The van der Waals surface area contributed by atoms with Crippen LogP contribution in [0.1, 0.15) is 6.42 Å². The Morgan fingerprint density at radius 1 is 1.27 bits per heavy atom. The number of nitrogens with one attached hydrogen (secondary N) is 1. The molecule has 26 heavy (non-hydrogen) atoms. The van der Waals surface area contributed by atoms with Crippen LogP contribution in [0.15, 0.2) is 46.9 Å². The van der Waals surface area contributed by atoms with Crippen molar-refractivity contribution in [3.05, 3.63) is 62.1 Å². The first kappa shape index (κ1) is 18.3. The normalized spacial score (nSPS) is 16.6. The first-order valence-electron chi connectivity index (χ1n) is 7.66. The van der Waals surface area contributed by atoms with E-state index in [-0.39, 0.29) is 41.2 Å². The lowest BCUT2D eigenvalue weighted by Gasteiger charge is -2.16. The SMILES string of the molecule is O=C(Nc1ccc(Cl)c([N+](=O)[O-])c1)C1CC(=O)N(c2ccc(Br)cc2)C1. The monoisotopic (exact) mass is 437 g/mol. The number of anilines is 2. The number of carbonyl (C=O) groups excluding carboxylic acids is 2. The number of nitro groups is 1. The topological polar surface area (TPSA) is 92.5 Å². The van der Waals surface area contributed by atoms with Gasteiger partial charge in [0.05, 0.1) is 10.8 Å². The lowest BCUT2D eigenvalue weighted by atomic mass is 10.1. The Kier molecular flexibility index (Phi) is 5.24. The van der Waals surface area contributed by atoms with Crippen molar-refractivity contribution in [2.24, 2.45) is 5.92 Å². The van der Waals surface area contributed by atoms with Crippen molar-refractivity contribution in [1.82, 2.24) is 0 Å². The fourth-order valence-electron chi connectivity index (χ4n) is 2.73. The fourth-order valence-corrected chi connectivity index (χ4v) is 3.18. The average Bonchev–Trinajstić information content (AvgIpc) is 2.99. The summed E-state index contributed by atoms with van der Waals surface area (Å²) in [5.41, 5.74) is 0.694. The van der Waals surface area contributed by atoms with Crippen LogP contribution in [0.4, 0.5) is 17.1 Å². The molecule has 1 unspecified atom stereocenters. The number of hydrogen-bond donors (Lipinski definition) is 1. The standard InChI is InChI=1S/C17H13BrClN3O4/c18-11-1-4-13(5-2-11)21-9-10(7-16(21)23)17(24)20-12-3-6-14(19)15(8-12)22(25)26/h1-6,8,10H,7,9H2,(H,20,24). The zero-order valence-corrected chi connectivity index (χ0v) is 15.7. The van der Waals surface area contributed by atoms with Gasteiger partial charge in [0.1, 0.15) is 5.02 Å². The first-order chi connectivity index (χ1) is 12.3. The summed E-state index contributed by atoms with van der Waals surface area (Å²) in [6.07, 6.45) is 0.0809. The Morgan fingerprint density at radius 3 is 2.62 bits per heavy atom. The molecule has 0 aliphatic carbocycles. The smallest absolute Gasteiger partial charge is 0.289 e. The van der Waals surface area contributed by atoms with Crippen LogP contribution in [-0.2, 0) is 9.59 Å². The predicted molar refractivity (Wildman–Crippen MR) is 101 cm³/mol. The third-order valence-corrected chi connectivity index (χ3v) is 4.89. The van der Waals surface area contributed by atoms with Gasteiger partial charge >= 0.3 is 0 Å². The minimum absolute atomic E-state index is 0.00884. The molecule has 0 saturated carbocycles.